The van der Waals surface area contributed by atoms with Gasteiger partial charge in [-0.1, -0.05) is 6.92 Å². The van der Waals surface area contributed by atoms with Crippen LogP contribution in [-0.4, -0.2) is 38.5 Å². The Morgan fingerprint density at radius 3 is 2.70 bits per heavy atom. The summed E-state index contributed by atoms with van der Waals surface area (Å²) in [5, 5.41) is 0. The van der Waals surface area contributed by atoms with Crippen LogP contribution < -0.4 is 19.6 Å². The van der Waals surface area contributed by atoms with Crippen LogP contribution in [0.1, 0.15) is 24.9 Å². The van der Waals surface area contributed by atoms with E-state index < -0.39 is 0 Å². The molecule has 1 unspecified atom stereocenters. The molecule has 1 aromatic heterocycles. The fourth-order valence-electron chi connectivity index (χ4n) is 3.45. The third-order valence-corrected chi connectivity index (χ3v) is 4.76. The van der Waals surface area contributed by atoms with Gasteiger partial charge in [0.15, 0.2) is 11.5 Å². The highest BCUT2D eigenvalue weighted by Crippen LogP contribution is 2.44. The normalized spacial score (nSPS) is 14.9. The van der Waals surface area contributed by atoms with E-state index in [9.17, 15) is 9.59 Å². The highest BCUT2D eigenvalue weighted by atomic mass is 16.5. The highest BCUT2D eigenvalue weighted by Gasteiger charge is 2.28. The smallest absolute Gasteiger partial charge is 0.298 e. The molecule has 2 heterocycles. The average Bonchev–Trinajstić information content (AvgIpc) is 2.68. The predicted molar refractivity (Wildman–Crippen MR) is 99.8 cm³/mol. The summed E-state index contributed by atoms with van der Waals surface area (Å²) in [6, 6.07) is 5.32. The minimum Gasteiger partial charge on any atom is -0.493 e. The molecule has 1 atom stereocenters. The topological polar surface area (TPSA) is 76.0 Å². The SMILES string of the molecule is CCC1Cc2cc(OCCOC)c(OC)cc2-c2c(OC=O)c(=O)ccn21. The molecule has 2 aromatic rings. The fraction of sp³-hybridized carbons (Fsp3) is 0.400. The van der Waals surface area contributed by atoms with Crippen LogP contribution in [0.2, 0.25) is 0 Å². The quantitative estimate of drug-likeness (QED) is 0.523. The lowest BCUT2D eigenvalue weighted by atomic mass is 9.90. The van der Waals surface area contributed by atoms with Crippen LogP contribution in [0, 0.1) is 0 Å². The van der Waals surface area contributed by atoms with Crippen molar-refractivity contribution in [1.82, 2.24) is 4.57 Å². The first-order chi connectivity index (χ1) is 13.1. The number of hydrogen-bond acceptors (Lipinski definition) is 6. The van der Waals surface area contributed by atoms with Crippen molar-refractivity contribution in [3.05, 3.63) is 40.2 Å². The summed E-state index contributed by atoms with van der Waals surface area (Å²) < 4.78 is 23.4. The van der Waals surface area contributed by atoms with Gasteiger partial charge in [0.1, 0.15) is 6.61 Å². The number of carbonyl (C=O) groups is 1. The van der Waals surface area contributed by atoms with Crippen molar-refractivity contribution < 1.29 is 23.7 Å². The van der Waals surface area contributed by atoms with Crippen molar-refractivity contribution in [2.75, 3.05) is 27.4 Å². The van der Waals surface area contributed by atoms with Gasteiger partial charge in [0.05, 0.1) is 19.4 Å². The van der Waals surface area contributed by atoms with Gasteiger partial charge in [-0.15, -0.1) is 0 Å². The minimum atomic E-state index is -0.338. The Balaban J connectivity index is 2.18. The van der Waals surface area contributed by atoms with E-state index in [1.54, 1.807) is 20.4 Å². The fourth-order valence-corrected chi connectivity index (χ4v) is 3.45. The van der Waals surface area contributed by atoms with Gasteiger partial charge in [-0.25, -0.2) is 0 Å². The van der Waals surface area contributed by atoms with Gasteiger partial charge in [-0.3, -0.25) is 9.59 Å². The van der Waals surface area contributed by atoms with E-state index in [0.717, 1.165) is 24.0 Å². The van der Waals surface area contributed by atoms with Crippen molar-refractivity contribution in [2.24, 2.45) is 0 Å². The number of hydrogen-bond donors (Lipinski definition) is 0. The molecule has 3 rings (SSSR count). The van der Waals surface area contributed by atoms with Crippen molar-refractivity contribution >= 4 is 6.47 Å². The van der Waals surface area contributed by atoms with Crippen LogP contribution in [0.4, 0.5) is 0 Å². The van der Waals surface area contributed by atoms with E-state index in [1.165, 1.54) is 6.07 Å². The van der Waals surface area contributed by atoms with Crippen molar-refractivity contribution in [2.45, 2.75) is 25.8 Å². The van der Waals surface area contributed by atoms with Crippen LogP contribution >= 0.6 is 0 Å². The monoisotopic (exact) mass is 373 g/mol. The molecule has 0 bridgehead atoms. The van der Waals surface area contributed by atoms with Gasteiger partial charge in [0, 0.05) is 31.0 Å². The molecule has 1 aliphatic heterocycles. The van der Waals surface area contributed by atoms with Crippen molar-refractivity contribution in [1.29, 1.82) is 0 Å². The summed E-state index contributed by atoms with van der Waals surface area (Å²) in [6.07, 6.45) is 3.39. The second-order valence-corrected chi connectivity index (χ2v) is 6.25. The summed E-state index contributed by atoms with van der Waals surface area (Å²) >= 11 is 0. The van der Waals surface area contributed by atoms with Gasteiger partial charge < -0.3 is 23.5 Å². The number of pyridine rings is 1. The third kappa shape index (κ3) is 3.55. The molecule has 0 N–H and O–H groups in total. The predicted octanol–water partition coefficient (Wildman–Crippen LogP) is 2.59. The molecule has 0 aliphatic carbocycles. The molecule has 144 valence electrons. The lowest BCUT2D eigenvalue weighted by molar-refractivity contribution is -0.120. The molecule has 0 spiro atoms. The summed E-state index contributed by atoms with van der Waals surface area (Å²) in [7, 11) is 3.17. The Labute approximate surface area is 157 Å². The zero-order chi connectivity index (χ0) is 19.4. The molecule has 1 aliphatic rings. The molecule has 7 heteroatoms. The van der Waals surface area contributed by atoms with E-state index in [2.05, 4.69) is 6.92 Å². The minimum absolute atomic E-state index is 0.0296. The van der Waals surface area contributed by atoms with Gasteiger partial charge >= 0.3 is 0 Å². The highest BCUT2D eigenvalue weighted by molar-refractivity contribution is 5.76. The zero-order valence-corrected chi connectivity index (χ0v) is 15.7. The number of ether oxygens (including phenoxy) is 4. The van der Waals surface area contributed by atoms with Crippen LogP contribution in [-0.2, 0) is 16.0 Å². The summed E-state index contributed by atoms with van der Waals surface area (Å²) in [4.78, 5) is 23.3. The second-order valence-electron chi connectivity index (χ2n) is 6.25. The first-order valence-electron chi connectivity index (χ1n) is 8.83. The molecule has 0 saturated heterocycles. The lowest BCUT2D eigenvalue weighted by Gasteiger charge is -2.31. The van der Waals surface area contributed by atoms with Crippen LogP contribution in [0.5, 0.6) is 17.2 Å². The lowest BCUT2D eigenvalue weighted by Crippen LogP contribution is -2.23. The Morgan fingerprint density at radius 2 is 2.04 bits per heavy atom. The standard InChI is InChI=1S/C20H23NO6/c1-4-14-9-13-10-18(26-8-7-24-2)17(25-3)11-15(13)19-20(27-12-22)16(23)5-6-21(14)19/h5-6,10-12,14H,4,7-9H2,1-3H3. The molecule has 0 amide bonds. The van der Waals surface area contributed by atoms with Gasteiger partial charge in [0.2, 0.25) is 11.2 Å². The van der Waals surface area contributed by atoms with Crippen LogP contribution in [0.15, 0.2) is 29.2 Å². The first-order valence-corrected chi connectivity index (χ1v) is 8.83. The van der Waals surface area contributed by atoms with E-state index in [-0.39, 0.29) is 23.7 Å². The Hall–Kier alpha value is -2.80. The maximum atomic E-state index is 12.3. The molecule has 0 radical (unpaired) electrons. The Morgan fingerprint density at radius 1 is 1.22 bits per heavy atom. The first kappa shape index (κ1) is 19.0. The van der Waals surface area contributed by atoms with Crippen molar-refractivity contribution in [3.63, 3.8) is 0 Å². The maximum Gasteiger partial charge on any atom is 0.298 e. The van der Waals surface area contributed by atoms with E-state index in [4.69, 9.17) is 18.9 Å². The number of methoxy groups -OCH3 is 2. The number of aromatic nitrogens is 1. The summed E-state index contributed by atoms with van der Waals surface area (Å²) in [5.41, 5.74) is 2.06. The van der Waals surface area contributed by atoms with Crippen LogP contribution in [0.25, 0.3) is 11.3 Å². The number of benzene rings is 1. The second kappa shape index (κ2) is 8.26. The number of nitrogens with zero attached hydrogens (tertiary/aromatic N) is 1. The molecular formula is C20H23NO6. The van der Waals surface area contributed by atoms with E-state index >= 15 is 0 Å². The Kier molecular flexibility index (Phi) is 5.81. The largest absolute Gasteiger partial charge is 0.493 e. The number of carbonyl (C=O) groups excluding carboxylic acids is 1. The van der Waals surface area contributed by atoms with Gasteiger partial charge in [-0.2, -0.15) is 0 Å². The maximum absolute atomic E-state index is 12.3. The summed E-state index contributed by atoms with van der Waals surface area (Å²) in [6.45, 7) is 3.23. The molecule has 0 saturated carbocycles. The van der Waals surface area contributed by atoms with Gasteiger partial charge in [0.25, 0.3) is 6.47 Å². The molecule has 7 nitrogen and oxygen atoms in total. The Bertz CT molecular complexity index is 889. The number of fused-ring (bicyclic) bond motifs is 3. The molecule has 27 heavy (non-hydrogen) atoms. The average molecular weight is 373 g/mol. The van der Waals surface area contributed by atoms with E-state index in [0.29, 0.717) is 30.4 Å². The van der Waals surface area contributed by atoms with Crippen LogP contribution in [0.3, 0.4) is 0 Å². The molecular weight excluding hydrogens is 350 g/mol. The van der Waals surface area contributed by atoms with Gasteiger partial charge in [-0.05, 0) is 30.5 Å². The molecule has 1 aromatic carbocycles. The third-order valence-electron chi connectivity index (χ3n) is 4.76. The zero-order valence-electron chi connectivity index (χ0n) is 15.7. The molecule has 0 fully saturated rings. The van der Waals surface area contributed by atoms with E-state index in [1.807, 2.05) is 16.7 Å². The van der Waals surface area contributed by atoms with Crippen molar-refractivity contribution in [3.8, 4) is 28.5 Å². The number of rotatable bonds is 8. The summed E-state index contributed by atoms with van der Waals surface area (Å²) in [5.74, 6) is 1.19.